The molecule has 3 nitrogen and oxygen atoms in total. The van der Waals surface area contributed by atoms with Gasteiger partial charge in [-0.2, -0.15) is 0 Å². The van der Waals surface area contributed by atoms with Gasteiger partial charge >= 0.3 is 0 Å². The van der Waals surface area contributed by atoms with E-state index >= 15 is 0 Å². The molecule has 132 valence electrons. The summed E-state index contributed by atoms with van der Waals surface area (Å²) in [7, 11) is 0. The normalized spacial score (nSPS) is 11.8. The minimum Gasteiger partial charge on any atom is -0.384 e. The van der Waals surface area contributed by atoms with E-state index in [1.54, 1.807) is 18.2 Å². The monoisotopic (exact) mass is 589 g/mol. The fourth-order valence-corrected chi connectivity index (χ4v) is 3.80. The quantitative estimate of drug-likeness (QED) is 0.374. The van der Waals surface area contributed by atoms with Crippen molar-refractivity contribution in [1.29, 1.82) is 0 Å². The van der Waals surface area contributed by atoms with E-state index in [4.69, 9.17) is 11.6 Å². The maximum Gasteiger partial charge on any atom is 0.256 e. The van der Waals surface area contributed by atoms with Crippen LogP contribution in [0.5, 0.6) is 0 Å². The molecule has 0 aliphatic rings. The van der Waals surface area contributed by atoms with E-state index in [2.05, 4.69) is 50.5 Å². The molecule has 0 radical (unpaired) electrons. The SMILES string of the molecule is O=C(Nc1ccc(Cl)cc1[C@H](O)c1ccccc1)c1cc(I)ccc1I. The van der Waals surface area contributed by atoms with Gasteiger partial charge in [0.15, 0.2) is 0 Å². The summed E-state index contributed by atoms with van der Waals surface area (Å²) in [6, 6.07) is 20.0. The van der Waals surface area contributed by atoms with Gasteiger partial charge in [0.25, 0.3) is 5.91 Å². The molecule has 2 N–H and O–H groups in total. The molecule has 3 aromatic carbocycles. The van der Waals surface area contributed by atoms with Gasteiger partial charge in [0, 0.05) is 23.4 Å². The average Bonchev–Trinajstić information content (AvgIpc) is 2.65. The van der Waals surface area contributed by atoms with E-state index in [1.165, 1.54) is 0 Å². The molecule has 3 rings (SSSR count). The molecule has 0 aliphatic heterocycles. The van der Waals surface area contributed by atoms with Crippen LogP contribution in [-0.4, -0.2) is 11.0 Å². The number of hydrogen-bond donors (Lipinski definition) is 2. The number of amides is 1. The van der Waals surface area contributed by atoms with Crippen molar-refractivity contribution in [2.75, 3.05) is 5.32 Å². The Bertz CT molecular complexity index is 948. The second-order valence-electron chi connectivity index (χ2n) is 5.62. The van der Waals surface area contributed by atoms with Crippen molar-refractivity contribution in [3.05, 3.63) is 95.6 Å². The Morgan fingerprint density at radius 2 is 1.73 bits per heavy atom. The number of hydrogen-bond acceptors (Lipinski definition) is 2. The van der Waals surface area contributed by atoms with Gasteiger partial charge in [0.2, 0.25) is 0 Å². The second kappa shape index (κ2) is 8.69. The number of nitrogens with one attached hydrogen (secondary N) is 1. The Kier molecular flexibility index (Phi) is 6.55. The summed E-state index contributed by atoms with van der Waals surface area (Å²) in [5.41, 5.74) is 2.41. The van der Waals surface area contributed by atoms with Crippen molar-refractivity contribution >= 4 is 68.4 Å². The second-order valence-corrected chi connectivity index (χ2v) is 8.47. The number of halogens is 3. The maximum absolute atomic E-state index is 12.7. The lowest BCUT2D eigenvalue weighted by Crippen LogP contribution is -2.16. The third-order valence-electron chi connectivity index (χ3n) is 3.84. The number of carbonyl (C=O) groups is 1. The first-order chi connectivity index (χ1) is 12.5. The van der Waals surface area contributed by atoms with E-state index in [1.807, 2.05) is 48.5 Å². The maximum atomic E-state index is 12.7. The van der Waals surface area contributed by atoms with Crippen molar-refractivity contribution in [2.45, 2.75) is 6.10 Å². The highest BCUT2D eigenvalue weighted by molar-refractivity contribution is 14.1. The number of anilines is 1. The lowest BCUT2D eigenvalue weighted by Gasteiger charge is -2.17. The zero-order chi connectivity index (χ0) is 18.7. The first-order valence-corrected chi connectivity index (χ1v) is 10.3. The highest BCUT2D eigenvalue weighted by atomic mass is 127. The van der Waals surface area contributed by atoms with E-state index in [0.29, 0.717) is 21.8 Å². The molecule has 1 atom stereocenters. The molecule has 0 heterocycles. The van der Waals surface area contributed by atoms with Gasteiger partial charge in [0.1, 0.15) is 6.10 Å². The van der Waals surface area contributed by atoms with Gasteiger partial charge in [-0.25, -0.2) is 0 Å². The van der Waals surface area contributed by atoms with Crippen LogP contribution in [0.15, 0.2) is 66.7 Å². The Morgan fingerprint density at radius 3 is 2.46 bits per heavy atom. The van der Waals surface area contributed by atoms with Crippen LogP contribution < -0.4 is 5.32 Å². The standard InChI is InChI=1S/C20H14ClI2NO2/c21-13-6-9-18(16(10-13)19(25)12-4-2-1-3-5-12)24-20(26)15-11-14(22)7-8-17(15)23/h1-11,19,25H,(H,24,26)/t19-/m1/s1. The molecule has 0 bridgehead atoms. The summed E-state index contributed by atoms with van der Waals surface area (Å²) in [6.07, 6.45) is -0.889. The number of benzene rings is 3. The predicted molar refractivity (Wildman–Crippen MR) is 122 cm³/mol. The number of rotatable bonds is 4. The van der Waals surface area contributed by atoms with E-state index < -0.39 is 6.10 Å². The van der Waals surface area contributed by atoms with Crippen molar-refractivity contribution in [2.24, 2.45) is 0 Å². The largest absolute Gasteiger partial charge is 0.384 e. The van der Waals surface area contributed by atoms with Crippen LogP contribution in [0, 0.1) is 7.14 Å². The minimum atomic E-state index is -0.889. The third-order valence-corrected chi connectivity index (χ3v) is 5.69. The van der Waals surface area contributed by atoms with Crippen LogP contribution >= 0.6 is 56.8 Å². The lowest BCUT2D eigenvalue weighted by molar-refractivity contribution is 0.102. The number of aliphatic hydroxyl groups is 1. The zero-order valence-corrected chi connectivity index (χ0v) is 18.5. The molecule has 0 aliphatic carbocycles. The Labute approximate surface area is 184 Å². The van der Waals surface area contributed by atoms with Crippen molar-refractivity contribution in [3.8, 4) is 0 Å². The molecule has 0 fully saturated rings. The first kappa shape index (κ1) is 19.6. The molecule has 0 saturated heterocycles. The predicted octanol–water partition coefficient (Wildman–Crippen LogP) is 5.88. The smallest absolute Gasteiger partial charge is 0.256 e. The molecule has 0 saturated carbocycles. The van der Waals surface area contributed by atoms with E-state index in [-0.39, 0.29) is 5.91 Å². The van der Waals surface area contributed by atoms with Crippen LogP contribution in [0.2, 0.25) is 5.02 Å². The van der Waals surface area contributed by atoms with Gasteiger partial charge < -0.3 is 10.4 Å². The summed E-state index contributed by atoms with van der Waals surface area (Å²) in [5, 5.41) is 14.2. The lowest BCUT2D eigenvalue weighted by atomic mass is 9.99. The first-order valence-electron chi connectivity index (χ1n) is 7.74. The van der Waals surface area contributed by atoms with Crippen molar-refractivity contribution in [3.63, 3.8) is 0 Å². The van der Waals surface area contributed by atoms with E-state index in [0.717, 1.165) is 12.7 Å². The number of aliphatic hydroxyl groups excluding tert-OH is 1. The Morgan fingerprint density at radius 1 is 1.00 bits per heavy atom. The van der Waals surface area contributed by atoms with Crippen LogP contribution in [0.3, 0.4) is 0 Å². The van der Waals surface area contributed by atoms with Crippen LogP contribution in [0.1, 0.15) is 27.6 Å². The van der Waals surface area contributed by atoms with Crippen LogP contribution in [-0.2, 0) is 0 Å². The van der Waals surface area contributed by atoms with Gasteiger partial charge in [0.05, 0.1) is 5.56 Å². The molecular formula is C20H14ClI2NO2. The fourth-order valence-electron chi connectivity index (χ4n) is 2.55. The van der Waals surface area contributed by atoms with Crippen LogP contribution in [0.4, 0.5) is 5.69 Å². The third kappa shape index (κ3) is 4.57. The molecule has 6 heteroatoms. The van der Waals surface area contributed by atoms with Gasteiger partial charge in [-0.05, 0) is 87.1 Å². The fraction of sp³-hybridized carbons (Fsp3) is 0.0500. The van der Waals surface area contributed by atoms with Gasteiger partial charge in [-0.15, -0.1) is 0 Å². The van der Waals surface area contributed by atoms with Gasteiger partial charge in [-0.3, -0.25) is 4.79 Å². The molecule has 1 amide bonds. The average molecular weight is 590 g/mol. The number of carbonyl (C=O) groups excluding carboxylic acids is 1. The summed E-state index contributed by atoms with van der Waals surface area (Å²) in [5.74, 6) is -0.225. The molecule has 3 aromatic rings. The van der Waals surface area contributed by atoms with Crippen molar-refractivity contribution in [1.82, 2.24) is 0 Å². The summed E-state index contributed by atoms with van der Waals surface area (Å²) in [6.45, 7) is 0. The highest BCUT2D eigenvalue weighted by Crippen LogP contribution is 2.31. The molecule has 26 heavy (non-hydrogen) atoms. The Balaban J connectivity index is 1.96. The Hall–Kier alpha value is -1.16. The summed E-state index contributed by atoms with van der Waals surface area (Å²) >= 11 is 10.4. The van der Waals surface area contributed by atoms with Gasteiger partial charge in [-0.1, -0.05) is 41.9 Å². The minimum absolute atomic E-state index is 0.225. The van der Waals surface area contributed by atoms with Crippen LogP contribution in [0.25, 0.3) is 0 Å². The van der Waals surface area contributed by atoms with E-state index in [9.17, 15) is 9.90 Å². The molecule has 0 unspecified atom stereocenters. The molecular weight excluding hydrogens is 575 g/mol. The zero-order valence-electron chi connectivity index (χ0n) is 13.4. The van der Waals surface area contributed by atoms with Crippen molar-refractivity contribution < 1.29 is 9.90 Å². The topological polar surface area (TPSA) is 49.3 Å². The molecule has 0 spiro atoms. The highest BCUT2D eigenvalue weighted by Gasteiger charge is 2.18. The summed E-state index contributed by atoms with van der Waals surface area (Å²) in [4.78, 5) is 12.7. The molecule has 0 aromatic heterocycles. The summed E-state index contributed by atoms with van der Waals surface area (Å²) < 4.78 is 1.84.